The topological polar surface area (TPSA) is 80.1 Å². The van der Waals surface area contributed by atoms with Crippen molar-refractivity contribution < 1.29 is 4.92 Å². The van der Waals surface area contributed by atoms with Gasteiger partial charge in [-0.1, -0.05) is 12.1 Å². The maximum absolute atomic E-state index is 11.2. The van der Waals surface area contributed by atoms with Gasteiger partial charge in [0.05, 0.1) is 4.92 Å². The van der Waals surface area contributed by atoms with Crippen LogP contribution in [0.4, 0.5) is 17.2 Å². The van der Waals surface area contributed by atoms with Gasteiger partial charge in [0, 0.05) is 24.0 Å². The Kier molecular flexibility index (Phi) is 3.53. The van der Waals surface area contributed by atoms with Crippen LogP contribution in [0.15, 0.2) is 30.5 Å². The molecule has 108 valence electrons. The van der Waals surface area contributed by atoms with Crippen molar-refractivity contribution in [2.75, 3.05) is 11.9 Å². The Labute approximate surface area is 122 Å². The Bertz CT molecular complexity index is 700. The normalized spacial score (nSPS) is 13.6. The van der Waals surface area contributed by atoms with Gasteiger partial charge in [-0.3, -0.25) is 10.1 Å². The van der Waals surface area contributed by atoms with Crippen molar-refractivity contribution in [2.24, 2.45) is 0 Å². The van der Waals surface area contributed by atoms with Crippen molar-refractivity contribution in [1.29, 1.82) is 0 Å². The Morgan fingerprint density at radius 1 is 1.38 bits per heavy atom. The third-order valence-corrected chi connectivity index (χ3v) is 3.70. The molecule has 2 aromatic rings. The summed E-state index contributed by atoms with van der Waals surface area (Å²) in [5.41, 5.74) is 3.96. The second-order valence-corrected chi connectivity index (χ2v) is 5.08. The molecule has 0 radical (unpaired) electrons. The zero-order valence-electron chi connectivity index (χ0n) is 11.7. The highest BCUT2D eigenvalue weighted by molar-refractivity contribution is 5.70. The third-order valence-electron chi connectivity index (χ3n) is 3.70. The number of aromatic nitrogens is 1. The molecule has 0 saturated heterocycles. The number of rotatable bonds is 3. The molecule has 0 bridgehead atoms. The van der Waals surface area contributed by atoms with E-state index in [1.54, 1.807) is 19.2 Å². The van der Waals surface area contributed by atoms with E-state index in [9.17, 15) is 10.1 Å². The quantitative estimate of drug-likeness (QED) is 0.669. The standard InChI is InChI=1S/C15H16N4O2/c1-10-5-8-17-15(14(10)19(20)21)18-13-4-2-3-11-9-16-7-6-12(11)13/h2-5,8,16H,6-7,9H2,1H3,(H,17,18). The van der Waals surface area contributed by atoms with Crippen molar-refractivity contribution >= 4 is 17.2 Å². The zero-order valence-corrected chi connectivity index (χ0v) is 11.7. The van der Waals surface area contributed by atoms with Crippen LogP contribution in [0, 0.1) is 17.0 Å². The van der Waals surface area contributed by atoms with Crippen LogP contribution in [0.1, 0.15) is 16.7 Å². The fourth-order valence-corrected chi connectivity index (χ4v) is 2.65. The molecular weight excluding hydrogens is 268 g/mol. The molecule has 21 heavy (non-hydrogen) atoms. The molecule has 0 aliphatic carbocycles. The summed E-state index contributed by atoms with van der Waals surface area (Å²) in [4.78, 5) is 15.0. The first-order chi connectivity index (χ1) is 10.2. The fourth-order valence-electron chi connectivity index (χ4n) is 2.65. The van der Waals surface area contributed by atoms with Gasteiger partial charge in [0.2, 0.25) is 5.82 Å². The van der Waals surface area contributed by atoms with E-state index in [0.717, 1.165) is 25.2 Å². The van der Waals surface area contributed by atoms with Gasteiger partial charge in [-0.2, -0.15) is 0 Å². The van der Waals surface area contributed by atoms with E-state index >= 15 is 0 Å². The van der Waals surface area contributed by atoms with Gasteiger partial charge in [0.25, 0.3) is 0 Å². The minimum Gasteiger partial charge on any atom is -0.334 e. The maximum Gasteiger partial charge on any atom is 0.314 e. The molecule has 6 heteroatoms. The van der Waals surface area contributed by atoms with Gasteiger partial charge in [0.15, 0.2) is 0 Å². The fraction of sp³-hybridized carbons (Fsp3) is 0.267. The third kappa shape index (κ3) is 2.57. The van der Waals surface area contributed by atoms with Crippen molar-refractivity contribution in [3.8, 4) is 0 Å². The zero-order chi connectivity index (χ0) is 14.8. The second kappa shape index (κ2) is 5.49. The summed E-state index contributed by atoms with van der Waals surface area (Å²) in [6.07, 6.45) is 2.49. The SMILES string of the molecule is Cc1ccnc(Nc2cccc3c2CCNC3)c1[N+](=O)[O-]. The average Bonchev–Trinajstić information content (AvgIpc) is 2.47. The van der Waals surface area contributed by atoms with E-state index in [4.69, 9.17) is 0 Å². The Balaban J connectivity index is 2.02. The van der Waals surface area contributed by atoms with Crippen LogP contribution in [-0.4, -0.2) is 16.5 Å². The van der Waals surface area contributed by atoms with Crippen LogP contribution >= 0.6 is 0 Å². The number of nitrogens with one attached hydrogen (secondary N) is 2. The monoisotopic (exact) mass is 284 g/mol. The van der Waals surface area contributed by atoms with Crippen molar-refractivity contribution in [3.05, 3.63) is 57.3 Å². The molecule has 0 fully saturated rings. The lowest BCUT2D eigenvalue weighted by molar-refractivity contribution is -0.384. The number of aryl methyl sites for hydroxylation is 1. The van der Waals surface area contributed by atoms with Crippen molar-refractivity contribution in [2.45, 2.75) is 19.9 Å². The van der Waals surface area contributed by atoms with Crippen LogP contribution < -0.4 is 10.6 Å². The highest BCUT2D eigenvalue weighted by Gasteiger charge is 2.20. The summed E-state index contributed by atoms with van der Waals surface area (Å²) in [5.74, 6) is 0.298. The van der Waals surface area contributed by atoms with Gasteiger partial charge in [-0.05, 0) is 43.1 Å². The molecule has 0 unspecified atom stereocenters. The molecule has 6 nitrogen and oxygen atoms in total. The Hall–Kier alpha value is -2.47. The summed E-state index contributed by atoms with van der Waals surface area (Å²) in [6, 6.07) is 7.62. The summed E-state index contributed by atoms with van der Waals surface area (Å²) in [6.45, 7) is 3.46. The lowest BCUT2D eigenvalue weighted by Gasteiger charge is -2.20. The predicted octanol–water partition coefficient (Wildman–Crippen LogP) is 2.69. The molecule has 3 rings (SSSR count). The van der Waals surface area contributed by atoms with E-state index in [2.05, 4.69) is 21.7 Å². The van der Waals surface area contributed by atoms with Gasteiger partial charge in [0.1, 0.15) is 0 Å². The van der Waals surface area contributed by atoms with E-state index in [0.29, 0.717) is 11.4 Å². The molecule has 1 aromatic heterocycles. The molecule has 0 spiro atoms. The molecule has 0 amide bonds. The second-order valence-electron chi connectivity index (χ2n) is 5.08. The van der Waals surface area contributed by atoms with E-state index in [-0.39, 0.29) is 10.6 Å². The maximum atomic E-state index is 11.2. The van der Waals surface area contributed by atoms with Crippen LogP contribution in [0.25, 0.3) is 0 Å². The van der Waals surface area contributed by atoms with Gasteiger partial charge in [-0.15, -0.1) is 0 Å². The number of benzene rings is 1. The van der Waals surface area contributed by atoms with Gasteiger partial charge < -0.3 is 10.6 Å². The number of anilines is 2. The highest BCUT2D eigenvalue weighted by Crippen LogP contribution is 2.31. The molecule has 1 aliphatic rings. The first kappa shape index (κ1) is 13.5. The number of pyridine rings is 1. The lowest BCUT2D eigenvalue weighted by atomic mass is 9.99. The summed E-state index contributed by atoms with van der Waals surface area (Å²) in [5, 5.41) is 17.7. The van der Waals surface area contributed by atoms with Gasteiger partial charge in [-0.25, -0.2) is 4.98 Å². The van der Waals surface area contributed by atoms with Crippen molar-refractivity contribution in [3.63, 3.8) is 0 Å². The molecule has 2 heterocycles. The predicted molar refractivity (Wildman–Crippen MR) is 80.8 cm³/mol. The number of nitrogens with zero attached hydrogens (tertiary/aromatic N) is 2. The largest absolute Gasteiger partial charge is 0.334 e. The highest BCUT2D eigenvalue weighted by atomic mass is 16.6. The Morgan fingerprint density at radius 2 is 2.24 bits per heavy atom. The number of nitro groups is 1. The Morgan fingerprint density at radius 3 is 3.05 bits per heavy atom. The summed E-state index contributed by atoms with van der Waals surface area (Å²) >= 11 is 0. The van der Waals surface area contributed by atoms with E-state index < -0.39 is 0 Å². The van der Waals surface area contributed by atoms with Crippen LogP contribution in [0.5, 0.6) is 0 Å². The number of hydrogen-bond donors (Lipinski definition) is 2. The summed E-state index contributed by atoms with van der Waals surface area (Å²) in [7, 11) is 0. The molecule has 2 N–H and O–H groups in total. The van der Waals surface area contributed by atoms with Crippen LogP contribution in [-0.2, 0) is 13.0 Å². The first-order valence-corrected chi connectivity index (χ1v) is 6.85. The molecule has 0 saturated carbocycles. The van der Waals surface area contributed by atoms with Gasteiger partial charge >= 0.3 is 5.69 Å². The number of fused-ring (bicyclic) bond motifs is 1. The smallest absolute Gasteiger partial charge is 0.314 e. The summed E-state index contributed by atoms with van der Waals surface area (Å²) < 4.78 is 0. The molecule has 0 atom stereocenters. The molecule has 1 aromatic carbocycles. The van der Waals surface area contributed by atoms with Crippen molar-refractivity contribution in [1.82, 2.24) is 10.3 Å². The minimum atomic E-state index is -0.387. The van der Waals surface area contributed by atoms with E-state index in [1.165, 1.54) is 11.1 Å². The van der Waals surface area contributed by atoms with Crippen LogP contribution in [0.3, 0.4) is 0 Å². The minimum absolute atomic E-state index is 0.0315. The average molecular weight is 284 g/mol. The molecule has 1 aliphatic heterocycles. The first-order valence-electron chi connectivity index (χ1n) is 6.85. The molecular formula is C15H16N4O2. The van der Waals surface area contributed by atoms with E-state index in [1.807, 2.05) is 12.1 Å². The lowest BCUT2D eigenvalue weighted by Crippen LogP contribution is -2.24. The van der Waals surface area contributed by atoms with Crippen LogP contribution in [0.2, 0.25) is 0 Å². The number of hydrogen-bond acceptors (Lipinski definition) is 5.